The summed E-state index contributed by atoms with van der Waals surface area (Å²) in [6.45, 7) is 1.73. The zero-order valence-corrected chi connectivity index (χ0v) is 10.5. The van der Waals surface area contributed by atoms with Crippen molar-refractivity contribution < 1.29 is 9.21 Å². The second-order valence-corrected chi connectivity index (χ2v) is 4.58. The minimum Gasteiger partial charge on any atom is -0.416 e. The number of benzene rings is 1. The summed E-state index contributed by atoms with van der Waals surface area (Å²) >= 11 is 1.39. The number of thioether (sulfide) groups is 1. The van der Waals surface area contributed by atoms with Gasteiger partial charge in [-0.1, -0.05) is 17.8 Å². The molecule has 2 aromatic rings. The van der Waals surface area contributed by atoms with Crippen LogP contribution in [-0.2, 0) is 5.75 Å². The lowest BCUT2D eigenvalue weighted by atomic mass is 10.1. The molecule has 0 unspecified atom stereocenters. The molecule has 1 amide bonds. The molecule has 4 N–H and O–H groups in total. The lowest BCUT2D eigenvalue weighted by Crippen LogP contribution is -2.11. The average Bonchev–Trinajstić information content (AvgIpc) is 2.73. The van der Waals surface area contributed by atoms with E-state index in [1.165, 1.54) is 11.8 Å². The van der Waals surface area contributed by atoms with Crippen molar-refractivity contribution in [1.29, 1.82) is 0 Å². The fraction of sp³-hybridized carbons (Fsp3) is 0.182. The maximum Gasteiger partial charge on any atom is 0.276 e. The van der Waals surface area contributed by atoms with Gasteiger partial charge in [0.05, 0.1) is 0 Å². The van der Waals surface area contributed by atoms with Crippen molar-refractivity contribution in [2.24, 2.45) is 5.73 Å². The summed E-state index contributed by atoms with van der Waals surface area (Å²) in [5.41, 5.74) is 12.8. The van der Waals surface area contributed by atoms with Crippen molar-refractivity contribution in [2.45, 2.75) is 17.9 Å². The third kappa shape index (κ3) is 2.80. The zero-order chi connectivity index (χ0) is 13.1. The van der Waals surface area contributed by atoms with Crippen LogP contribution in [0.4, 0.5) is 5.69 Å². The van der Waals surface area contributed by atoms with E-state index >= 15 is 0 Å². The van der Waals surface area contributed by atoms with Gasteiger partial charge in [-0.15, -0.1) is 10.2 Å². The number of nitrogens with two attached hydrogens (primary N) is 2. The Balaban J connectivity index is 2.08. The van der Waals surface area contributed by atoms with E-state index in [-0.39, 0.29) is 0 Å². The molecule has 0 bridgehead atoms. The molecule has 1 aromatic heterocycles. The van der Waals surface area contributed by atoms with Gasteiger partial charge in [-0.2, -0.15) is 0 Å². The van der Waals surface area contributed by atoms with Gasteiger partial charge in [0.25, 0.3) is 5.22 Å². The molecular weight excluding hydrogens is 252 g/mol. The molecule has 0 fully saturated rings. The normalized spacial score (nSPS) is 10.5. The van der Waals surface area contributed by atoms with E-state index in [0.717, 1.165) is 5.56 Å². The number of carbonyl (C=O) groups is 1. The Labute approximate surface area is 108 Å². The number of rotatable bonds is 4. The summed E-state index contributed by atoms with van der Waals surface area (Å²) in [5, 5.41) is 8.09. The molecule has 0 saturated heterocycles. The number of aromatic nitrogens is 2. The number of nitrogens with zero attached hydrogens (tertiary/aromatic N) is 2. The molecule has 0 spiro atoms. The number of amides is 1. The van der Waals surface area contributed by atoms with Gasteiger partial charge in [0, 0.05) is 23.9 Å². The lowest BCUT2D eigenvalue weighted by molar-refractivity contribution is 0.100. The Hall–Kier alpha value is -2.02. The minimum atomic E-state index is -0.492. The monoisotopic (exact) mass is 264 g/mol. The van der Waals surface area contributed by atoms with Crippen molar-refractivity contribution in [2.75, 3.05) is 5.73 Å². The Morgan fingerprint density at radius 2 is 2.22 bits per heavy atom. The van der Waals surface area contributed by atoms with E-state index in [2.05, 4.69) is 10.2 Å². The molecule has 0 aliphatic heterocycles. The fourth-order valence-electron chi connectivity index (χ4n) is 1.36. The van der Waals surface area contributed by atoms with Crippen LogP contribution in [0.15, 0.2) is 27.8 Å². The lowest BCUT2D eigenvalue weighted by Gasteiger charge is -2.05. The van der Waals surface area contributed by atoms with Crippen LogP contribution >= 0.6 is 11.8 Å². The second kappa shape index (κ2) is 5.09. The molecule has 1 heterocycles. The highest BCUT2D eigenvalue weighted by molar-refractivity contribution is 7.98. The number of carbonyl (C=O) groups excluding carboxylic acids is 1. The highest BCUT2D eigenvalue weighted by Gasteiger charge is 2.08. The van der Waals surface area contributed by atoms with E-state index in [1.54, 1.807) is 25.1 Å². The van der Waals surface area contributed by atoms with Crippen LogP contribution in [0, 0.1) is 6.92 Å². The van der Waals surface area contributed by atoms with Gasteiger partial charge in [-0.3, -0.25) is 4.79 Å². The highest BCUT2D eigenvalue weighted by Crippen LogP contribution is 2.25. The van der Waals surface area contributed by atoms with Gasteiger partial charge in [-0.05, 0) is 17.7 Å². The number of anilines is 1. The highest BCUT2D eigenvalue weighted by atomic mass is 32.2. The molecule has 1 aromatic carbocycles. The summed E-state index contributed by atoms with van der Waals surface area (Å²) in [7, 11) is 0. The summed E-state index contributed by atoms with van der Waals surface area (Å²) in [4.78, 5) is 11.0. The number of aryl methyl sites for hydroxylation is 1. The molecule has 0 saturated carbocycles. The fourth-order valence-corrected chi connectivity index (χ4v) is 2.18. The van der Waals surface area contributed by atoms with Crippen LogP contribution in [0.25, 0.3) is 0 Å². The third-order valence-electron chi connectivity index (χ3n) is 2.29. The van der Waals surface area contributed by atoms with E-state index in [4.69, 9.17) is 15.9 Å². The smallest absolute Gasteiger partial charge is 0.276 e. The van der Waals surface area contributed by atoms with E-state index in [1.807, 2.05) is 0 Å². The van der Waals surface area contributed by atoms with Crippen molar-refractivity contribution >= 4 is 23.4 Å². The van der Waals surface area contributed by atoms with Gasteiger partial charge in [0.15, 0.2) is 0 Å². The largest absolute Gasteiger partial charge is 0.416 e. The predicted octanol–water partition coefficient (Wildman–Crippen LogP) is 1.35. The first-order valence-electron chi connectivity index (χ1n) is 5.17. The van der Waals surface area contributed by atoms with E-state index in [9.17, 15) is 4.79 Å². The Bertz CT molecular complexity index is 582. The molecular formula is C11H12N4O2S. The van der Waals surface area contributed by atoms with Gasteiger partial charge in [0.1, 0.15) is 0 Å². The van der Waals surface area contributed by atoms with Gasteiger partial charge < -0.3 is 15.9 Å². The first-order chi connectivity index (χ1) is 8.56. The molecule has 0 atom stereocenters. The quantitative estimate of drug-likeness (QED) is 0.637. The molecule has 0 radical (unpaired) electrons. The summed E-state index contributed by atoms with van der Waals surface area (Å²) < 4.78 is 5.23. The third-order valence-corrected chi connectivity index (χ3v) is 3.16. The average molecular weight is 264 g/mol. The molecule has 6 nitrogen and oxygen atoms in total. The second-order valence-electron chi connectivity index (χ2n) is 3.65. The Morgan fingerprint density at radius 3 is 2.78 bits per heavy atom. The maximum atomic E-state index is 11.0. The van der Waals surface area contributed by atoms with Crippen molar-refractivity contribution in [1.82, 2.24) is 10.2 Å². The topological polar surface area (TPSA) is 108 Å². The summed E-state index contributed by atoms with van der Waals surface area (Å²) in [5.74, 6) is 0.620. The van der Waals surface area contributed by atoms with Crippen molar-refractivity contribution in [3.05, 3.63) is 35.2 Å². The summed E-state index contributed by atoms with van der Waals surface area (Å²) in [6.07, 6.45) is 0. The van der Waals surface area contributed by atoms with E-state index < -0.39 is 5.91 Å². The maximum absolute atomic E-state index is 11.0. The molecule has 0 aliphatic rings. The first-order valence-corrected chi connectivity index (χ1v) is 6.16. The van der Waals surface area contributed by atoms with Crippen LogP contribution in [0.1, 0.15) is 21.8 Å². The molecule has 18 heavy (non-hydrogen) atoms. The summed E-state index contributed by atoms with van der Waals surface area (Å²) in [6, 6.07) is 4.98. The molecule has 7 heteroatoms. The van der Waals surface area contributed by atoms with Crippen LogP contribution in [-0.4, -0.2) is 16.1 Å². The van der Waals surface area contributed by atoms with Gasteiger partial charge in [0.2, 0.25) is 11.8 Å². The number of hydrogen-bond acceptors (Lipinski definition) is 6. The molecule has 94 valence electrons. The van der Waals surface area contributed by atoms with Crippen LogP contribution in [0.2, 0.25) is 0 Å². The van der Waals surface area contributed by atoms with Crippen molar-refractivity contribution in [3.63, 3.8) is 0 Å². The molecule has 0 aliphatic carbocycles. The minimum absolute atomic E-state index is 0.398. The molecule has 2 rings (SSSR count). The number of hydrogen-bond donors (Lipinski definition) is 2. The van der Waals surface area contributed by atoms with Crippen LogP contribution in [0.5, 0.6) is 0 Å². The van der Waals surface area contributed by atoms with Crippen LogP contribution in [0.3, 0.4) is 0 Å². The van der Waals surface area contributed by atoms with Gasteiger partial charge in [-0.25, -0.2) is 0 Å². The number of primary amides is 1. The van der Waals surface area contributed by atoms with Gasteiger partial charge >= 0.3 is 0 Å². The van der Waals surface area contributed by atoms with Crippen molar-refractivity contribution in [3.8, 4) is 0 Å². The first kappa shape index (κ1) is 12.4. The zero-order valence-electron chi connectivity index (χ0n) is 9.71. The predicted molar refractivity (Wildman–Crippen MR) is 68.0 cm³/mol. The number of nitrogen functional groups attached to an aromatic ring is 1. The SMILES string of the molecule is Cc1nnc(SCc2ccc(C(N)=O)cc2N)o1. The standard InChI is InChI=1S/C11H12N4O2S/c1-6-14-15-11(17-6)18-5-8-3-2-7(10(13)16)4-9(8)12/h2-4H,5,12H2,1H3,(H2,13,16). The van der Waals surface area contributed by atoms with Crippen LogP contribution < -0.4 is 11.5 Å². The Kier molecular flexibility index (Phi) is 3.52. The Morgan fingerprint density at radius 1 is 1.44 bits per heavy atom. The van der Waals surface area contributed by atoms with E-state index in [0.29, 0.717) is 28.1 Å².